The number of carbonyl (C=O) groups excluding carboxylic acids is 1. The second-order valence-corrected chi connectivity index (χ2v) is 6.80. The number of hydrogen-bond donors (Lipinski definition) is 2. The number of piperidine rings is 1. The molecular weight excluding hydrogens is 280 g/mol. The smallest absolute Gasteiger partial charge is 0.243 e. The minimum absolute atomic E-state index is 0.135. The number of hydrogen-bond acceptors (Lipinski definition) is 4. The number of nitrogens with one attached hydrogen (secondary N) is 1. The number of amides is 1. The Morgan fingerprint density at radius 1 is 1.35 bits per heavy atom. The quantitative estimate of drug-likeness (QED) is 0.864. The third-order valence-corrected chi connectivity index (χ3v) is 5.05. The zero-order chi connectivity index (χ0) is 14.8. The van der Waals surface area contributed by atoms with E-state index in [0.29, 0.717) is 25.1 Å². The molecule has 1 amide bonds. The van der Waals surface area contributed by atoms with Crippen LogP contribution in [0.25, 0.3) is 0 Å². The number of aliphatic hydroxyl groups excluding tert-OH is 1. The van der Waals surface area contributed by atoms with Crippen molar-refractivity contribution in [2.75, 3.05) is 18.4 Å². The SMILES string of the molecule is CC(=O)Nc1ccc(S(=O)(=O)N2CCC[C@H](O)C2)cc1. The summed E-state index contributed by atoms with van der Waals surface area (Å²) in [6.07, 6.45) is 0.690. The molecule has 1 aromatic carbocycles. The van der Waals surface area contributed by atoms with E-state index in [0.717, 1.165) is 0 Å². The minimum Gasteiger partial charge on any atom is -0.392 e. The fourth-order valence-electron chi connectivity index (χ4n) is 2.20. The second-order valence-electron chi connectivity index (χ2n) is 4.86. The highest BCUT2D eigenvalue weighted by Crippen LogP contribution is 2.22. The number of carbonyl (C=O) groups is 1. The zero-order valence-electron chi connectivity index (χ0n) is 11.2. The van der Waals surface area contributed by atoms with Gasteiger partial charge < -0.3 is 10.4 Å². The summed E-state index contributed by atoms with van der Waals surface area (Å²) in [6, 6.07) is 6.02. The average Bonchev–Trinajstić information content (AvgIpc) is 2.38. The van der Waals surface area contributed by atoms with Crippen molar-refractivity contribution in [3.05, 3.63) is 24.3 Å². The number of sulfonamides is 1. The molecular formula is C13H18N2O4S. The van der Waals surface area contributed by atoms with Crippen molar-refractivity contribution < 1.29 is 18.3 Å². The van der Waals surface area contributed by atoms with Crippen molar-refractivity contribution in [3.8, 4) is 0 Å². The summed E-state index contributed by atoms with van der Waals surface area (Å²) in [7, 11) is -3.58. The number of anilines is 1. The maximum atomic E-state index is 12.4. The van der Waals surface area contributed by atoms with Crippen molar-refractivity contribution in [1.29, 1.82) is 0 Å². The summed E-state index contributed by atoms with van der Waals surface area (Å²) >= 11 is 0. The van der Waals surface area contributed by atoms with Gasteiger partial charge in [0.05, 0.1) is 11.0 Å². The van der Waals surface area contributed by atoms with Crippen LogP contribution >= 0.6 is 0 Å². The molecule has 1 aromatic rings. The highest BCUT2D eigenvalue weighted by Gasteiger charge is 2.29. The number of aliphatic hydroxyl groups is 1. The first-order chi connectivity index (χ1) is 9.39. The molecule has 0 saturated carbocycles. The van der Waals surface area contributed by atoms with Crippen LogP contribution in [-0.4, -0.2) is 42.9 Å². The van der Waals surface area contributed by atoms with Gasteiger partial charge in [0.15, 0.2) is 0 Å². The maximum absolute atomic E-state index is 12.4. The lowest BCUT2D eigenvalue weighted by Crippen LogP contribution is -2.42. The van der Waals surface area contributed by atoms with Crippen LogP contribution in [0.2, 0.25) is 0 Å². The lowest BCUT2D eigenvalue weighted by atomic mass is 10.1. The Kier molecular flexibility index (Phi) is 4.42. The fourth-order valence-corrected chi connectivity index (χ4v) is 3.72. The highest BCUT2D eigenvalue weighted by molar-refractivity contribution is 7.89. The molecule has 0 spiro atoms. The van der Waals surface area contributed by atoms with Gasteiger partial charge >= 0.3 is 0 Å². The van der Waals surface area contributed by atoms with Crippen molar-refractivity contribution in [1.82, 2.24) is 4.31 Å². The van der Waals surface area contributed by atoms with Gasteiger partial charge in [-0.05, 0) is 37.1 Å². The van der Waals surface area contributed by atoms with Crippen molar-refractivity contribution in [2.24, 2.45) is 0 Å². The van der Waals surface area contributed by atoms with Gasteiger partial charge in [0.2, 0.25) is 15.9 Å². The maximum Gasteiger partial charge on any atom is 0.243 e. The number of benzene rings is 1. The van der Waals surface area contributed by atoms with E-state index in [1.54, 1.807) is 12.1 Å². The van der Waals surface area contributed by atoms with E-state index >= 15 is 0 Å². The highest BCUT2D eigenvalue weighted by atomic mass is 32.2. The van der Waals surface area contributed by atoms with Crippen LogP contribution in [0, 0.1) is 0 Å². The Morgan fingerprint density at radius 3 is 2.55 bits per heavy atom. The summed E-state index contributed by atoms with van der Waals surface area (Å²) in [6.45, 7) is 1.95. The van der Waals surface area contributed by atoms with Crippen LogP contribution in [0.15, 0.2) is 29.2 Å². The molecule has 1 heterocycles. The van der Waals surface area contributed by atoms with Crippen LogP contribution in [0.4, 0.5) is 5.69 Å². The number of β-amino-alcohol motifs (C(OH)–C–C–N with tert-alkyl or cyclic N) is 1. The molecule has 1 aliphatic heterocycles. The van der Waals surface area contributed by atoms with E-state index < -0.39 is 16.1 Å². The van der Waals surface area contributed by atoms with E-state index in [1.807, 2.05) is 0 Å². The molecule has 0 radical (unpaired) electrons. The minimum atomic E-state index is -3.58. The standard InChI is InChI=1S/C13H18N2O4S/c1-10(16)14-11-4-6-13(7-5-11)20(18,19)15-8-2-3-12(17)9-15/h4-7,12,17H,2-3,8-9H2,1H3,(H,14,16)/t12-/m0/s1. The van der Waals surface area contributed by atoms with Gasteiger partial charge in [-0.1, -0.05) is 0 Å². The summed E-state index contributed by atoms with van der Waals surface area (Å²) in [4.78, 5) is 11.1. The molecule has 1 aliphatic rings. The van der Waals surface area contributed by atoms with Gasteiger partial charge in [0.25, 0.3) is 0 Å². The molecule has 0 unspecified atom stereocenters. The number of nitrogens with zero attached hydrogens (tertiary/aromatic N) is 1. The van der Waals surface area contributed by atoms with Gasteiger partial charge in [0.1, 0.15) is 0 Å². The predicted molar refractivity (Wildman–Crippen MR) is 74.7 cm³/mol. The fraction of sp³-hybridized carbons (Fsp3) is 0.462. The molecule has 110 valence electrons. The van der Waals surface area contributed by atoms with E-state index in [2.05, 4.69) is 5.32 Å². The Morgan fingerprint density at radius 2 is 2.00 bits per heavy atom. The molecule has 0 bridgehead atoms. The Balaban J connectivity index is 2.19. The van der Waals surface area contributed by atoms with Gasteiger partial charge in [0, 0.05) is 25.7 Å². The summed E-state index contributed by atoms with van der Waals surface area (Å²) in [5, 5.41) is 12.2. The second kappa shape index (κ2) is 5.90. The topological polar surface area (TPSA) is 86.7 Å². The third kappa shape index (κ3) is 3.36. The van der Waals surface area contributed by atoms with Crippen LogP contribution in [0.5, 0.6) is 0 Å². The zero-order valence-corrected chi connectivity index (χ0v) is 12.1. The Hall–Kier alpha value is -1.44. The predicted octanol–water partition coefficient (Wildman–Crippen LogP) is 0.790. The normalized spacial score (nSPS) is 20.6. The summed E-state index contributed by atoms with van der Waals surface area (Å²) < 4.78 is 26.1. The first-order valence-electron chi connectivity index (χ1n) is 6.45. The molecule has 6 nitrogen and oxygen atoms in total. The molecule has 0 aromatic heterocycles. The molecule has 2 rings (SSSR count). The van der Waals surface area contributed by atoms with E-state index in [-0.39, 0.29) is 17.3 Å². The van der Waals surface area contributed by atoms with Gasteiger partial charge in [-0.25, -0.2) is 8.42 Å². The summed E-state index contributed by atoms with van der Waals surface area (Å²) in [5.74, 6) is -0.209. The van der Waals surface area contributed by atoms with Crippen LogP contribution in [-0.2, 0) is 14.8 Å². The largest absolute Gasteiger partial charge is 0.392 e. The lowest BCUT2D eigenvalue weighted by Gasteiger charge is -2.29. The Bertz CT molecular complexity index is 583. The first-order valence-corrected chi connectivity index (χ1v) is 7.89. The molecule has 0 aliphatic carbocycles. The van der Waals surface area contributed by atoms with Gasteiger partial charge in [-0.3, -0.25) is 4.79 Å². The molecule has 1 fully saturated rings. The van der Waals surface area contributed by atoms with Gasteiger partial charge in [-0.2, -0.15) is 4.31 Å². The van der Waals surface area contributed by atoms with Crippen molar-refractivity contribution in [2.45, 2.75) is 30.8 Å². The van der Waals surface area contributed by atoms with Crippen molar-refractivity contribution in [3.63, 3.8) is 0 Å². The van der Waals surface area contributed by atoms with Crippen LogP contribution in [0.3, 0.4) is 0 Å². The third-order valence-electron chi connectivity index (χ3n) is 3.17. The lowest BCUT2D eigenvalue weighted by molar-refractivity contribution is -0.114. The molecule has 1 saturated heterocycles. The van der Waals surface area contributed by atoms with Gasteiger partial charge in [-0.15, -0.1) is 0 Å². The van der Waals surface area contributed by atoms with E-state index in [1.165, 1.54) is 23.4 Å². The molecule has 20 heavy (non-hydrogen) atoms. The molecule has 1 atom stereocenters. The number of rotatable bonds is 3. The van der Waals surface area contributed by atoms with E-state index in [9.17, 15) is 18.3 Å². The Labute approximate surface area is 118 Å². The monoisotopic (exact) mass is 298 g/mol. The summed E-state index contributed by atoms with van der Waals surface area (Å²) in [5.41, 5.74) is 0.551. The molecule has 2 N–H and O–H groups in total. The first kappa shape index (κ1) is 15.0. The van der Waals surface area contributed by atoms with Crippen LogP contribution in [0.1, 0.15) is 19.8 Å². The van der Waals surface area contributed by atoms with E-state index in [4.69, 9.17) is 0 Å². The van der Waals surface area contributed by atoms with Crippen LogP contribution < -0.4 is 5.32 Å². The molecule has 7 heteroatoms. The van der Waals surface area contributed by atoms with Crippen molar-refractivity contribution >= 4 is 21.6 Å². The average molecular weight is 298 g/mol.